The van der Waals surface area contributed by atoms with Crippen molar-refractivity contribution in [1.82, 2.24) is 15.7 Å². The van der Waals surface area contributed by atoms with Crippen LogP contribution in [-0.4, -0.2) is 22.6 Å². The van der Waals surface area contributed by atoms with E-state index in [-0.39, 0.29) is 11.1 Å². The second-order valence-corrected chi connectivity index (χ2v) is 9.36. The van der Waals surface area contributed by atoms with Crippen LogP contribution in [0.3, 0.4) is 0 Å². The quantitative estimate of drug-likeness (QED) is 0.576. The maximum atomic E-state index is 14.5. The van der Waals surface area contributed by atoms with Crippen LogP contribution in [0.2, 0.25) is 5.02 Å². The molecule has 1 unspecified atom stereocenters. The molecule has 0 spiro atoms. The van der Waals surface area contributed by atoms with E-state index in [1.165, 1.54) is 22.7 Å². The van der Waals surface area contributed by atoms with Crippen molar-refractivity contribution in [2.75, 3.05) is 6.61 Å². The smallest absolute Gasteiger partial charge is 0.156 e. The van der Waals surface area contributed by atoms with Crippen LogP contribution in [0.5, 0.6) is 0 Å². The molecule has 150 valence electrons. The Labute approximate surface area is 181 Å². The van der Waals surface area contributed by atoms with Crippen LogP contribution in [0.4, 0.5) is 4.39 Å². The number of rotatable bonds is 4. The summed E-state index contributed by atoms with van der Waals surface area (Å²) in [6.07, 6.45) is 0. The zero-order chi connectivity index (χ0) is 20.5. The molecule has 4 rings (SSSR count). The van der Waals surface area contributed by atoms with Crippen LogP contribution >= 0.6 is 34.7 Å². The second-order valence-electron chi connectivity index (χ2n) is 6.60. The third kappa shape index (κ3) is 4.16. The average Bonchev–Trinajstić information content (AvgIpc) is 3.15. The van der Waals surface area contributed by atoms with Gasteiger partial charge in [-0.25, -0.2) is 9.87 Å². The minimum Gasteiger partial charge on any atom is -0.272 e. The summed E-state index contributed by atoms with van der Waals surface area (Å²) in [5, 5.41) is 9.13. The van der Waals surface area contributed by atoms with Crippen LogP contribution in [0.1, 0.15) is 32.6 Å². The van der Waals surface area contributed by atoms with Gasteiger partial charge in [-0.2, -0.15) is 5.10 Å². The maximum absolute atomic E-state index is 14.5. The highest BCUT2D eigenvalue weighted by atomic mass is 35.5. The molecule has 3 aromatic rings. The predicted octanol–water partition coefficient (Wildman–Crippen LogP) is 5.43. The van der Waals surface area contributed by atoms with E-state index in [2.05, 4.69) is 34.7 Å². The van der Waals surface area contributed by atoms with Gasteiger partial charge in [-0.15, -0.1) is 16.4 Å². The number of aryl methyl sites for hydroxylation is 2. The number of hydrogen-bond acceptors (Lipinski definition) is 7. The van der Waals surface area contributed by atoms with E-state index in [0.29, 0.717) is 22.4 Å². The minimum absolute atomic E-state index is 0.0675. The highest BCUT2D eigenvalue weighted by Crippen LogP contribution is 2.36. The largest absolute Gasteiger partial charge is 0.272 e. The summed E-state index contributed by atoms with van der Waals surface area (Å²) >= 11 is 8.80. The molecule has 0 aliphatic carbocycles. The lowest BCUT2D eigenvalue weighted by Gasteiger charge is -2.23. The number of hydroxylamine groups is 1. The van der Waals surface area contributed by atoms with E-state index in [4.69, 9.17) is 21.4 Å². The molecule has 0 saturated heterocycles. The van der Waals surface area contributed by atoms with Crippen molar-refractivity contribution in [2.24, 2.45) is 4.99 Å². The van der Waals surface area contributed by atoms with Crippen molar-refractivity contribution in [3.05, 3.63) is 67.7 Å². The molecule has 5 nitrogen and oxygen atoms in total. The molecule has 1 aromatic carbocycles. The SMILES string of the molecule is Cc1ccc(C2CONC(c3c(Sc4cccc(Cl)c4F)nnc(C)c3C)=N2)s1. The number of hydrogen-bond donors (Lipinski definition) is 1. The van der Waals surface area contributed by atoms with Gasteiger partial charge in [0.15, 0.2) is 11.7 Å². The Balaban J connectivity index is 1.77. The first-order valence-corrected chi connectivity index (χ1v) is 10.9. The predicted molar refractivity (Wildman–Crippen MR) is 114 cm³/mol. The minimum atomic E-state index is -0.480. The fourth-order valence-corrected chi connectivity index (χ4v) is 5.03. The van der Waals surface area contributed by atoms with Crippen molar-refractivity contribution < 1.29 is 9.23 Å². The second kappa shape index (κ2) is 8.39. The maximum Gasteiger partial charge on any atom is 0.156 e. The lowest BCUT2D eigenvalue weighted by molar-refractivity contribution is 0.0627. The molecule has 0 bridgehead atoms. The summed E-state index contributed by atoms with van der Waals surface area (Å²) in [5.74, 6) is 0.0830. The zero-order valence-electron chi connectivity index (χ0n) is 16.0. The molecule has 29 heavy (non-hydrogen) atoms. The summed E-state index contributed by atoms with van der Waals surface area (Å²) in [6, 6.07) is 8.91. The van der Waals surface area contributed by atoms with Gasteiger partial charge in [-0.05, 0) is 50.6 Å². The Morgan fingerprint density at radius 2 is 2.03 bits per heavy atom. The molecule has 0 radical (unpaired) electrons. The standard InChI is InChI=1S/C20H18ClFN4OS2/c1-10-7-8-15(28-10)14-9-27-26-19(23-14)17-11(2)12(3)24-25-20(17)29-16-6-4-5-13(21)18(16)22/h4-8,14H,9H2,1-3H3,(H,23,26). The summed E-state index contributed by atoms with van der Waals surface area (Å²) in [5.41, 5.74) is 5.34. The Kier molecular flexibility index (Phi) is 5.87. The Hall–Kier alpha value is -2.00. The third-order valence-electron chi connectivity index (χ3n) is 4.57. The molecule has 2 aromatic heterocycles. The molecule has 1 aliphatic rings. The van der Waals surface area contributed by atoms with Gasteiger partial charge in [0, 0.05) is 9.75 Å². The fraction of sp³-hybridized carbons (Fsp3) is 0.250. The van der Waals surface area contributed by atoms with Gasteiger partial charge in [-0.3, -0.25) is 9.83 Å². The van der Waals surface area contributed by atoms with Crippen molar-refractivity contribution in [2.45, 2.75) is 36.7 Å². The lowest BCUT2D eigenvalue weighted by Crippen LogP contribution is -2.33. The number of benzene rings is 1. The van der Waals surface area contributed by atoms with Crippen molar-refractivity contribution >= 4 is 40.5 Å². The van der Waals surface area contributed by atoms with Crippen LogP contribution in [0, 0.1) is 26.6 Å². The van der Waals surface area contributed by atoms with Crippen molar-refractivity contribution in [3.8, 4) is 0 Å². The third-order valence-corrected chi connectivity index (χ3v) is 6.97. The summed E-state index contributed by atoms with van der Waals surface area (Å²) in [6.45, 7) is 6.33. The fourth-order valence-electron chi connectivity index (χ4n) is 2.91. The van der Waals surface area contributed by atoms with Crippen LogP contribution in [0.15, 0.2) is 45.2 Å². The Morgan fingerprint density at radius 3 is 2.79 bits per heavy atom. The van der Waals surface area contributed by atoms with Gasteiger partial charge < -0.3 is 0 Å². The van der Waals surface area contributed by atoms with Crippen molar-refractivity contribution in [1.29, 1.82) is 0 Å². The molecule has 9 heteroatoms. The Bertz CT molecular complexity index is 1100. The molecule has 3 heterocycles. The zero-order valence-corrected chi connectivity index (χ0v) is 18.4. The van der Waals surface area contributed by atoms with E-state index in [1.807, 2.05) is 13.8 Å². The van der Waals surface area contributed by atoms with Gasteiger partial charge in [-0.1, -0.05) is 29.4 Å². The first kappa shape index (κ1) is 20.3. The van der Waals surface area contributed by atoms with Crippen molar-refractivity contribution in [3.63, 3.8) is 0 Å². The van der Waals surface area contributed by atoms with Gasteiger partial charge in [0.2, 0.25) is 0 Å². The van der Waals surface area contributed by atoms with Gasteiger partial charge in [0.1, 0.15) is 17.7 Å². The molecule has 0 fully saturated rings. The number of aromatic nitrogens is 2. The van der Waals surface area contributed by atoms with E-state index >= 15 is 0 Å². The molecule has 1 N–H and O–H groups in total. The normalized spacial score (nSPS) is 16.4. The molecule has 1 aliphatic heterocycles. The van der Waals surface area contributed by atoms with E-state index in [0.717, 1.165) is 21.7 Å². The average molecular weight is 449 g/mol. The van der Waals surface area contributed by atoms with Crippen LogP contribution in [0.25, 0.3) is 0 Å². The number of aliphatic imine (C=N–C) groups is 1. The molecule has 0 amide bonds. The number of nitrogens with zero attached hydrogens (tertiary/aromatic N) is 3. The molecule has 0 saturated carbocycles. The molecular formula is C20H18ClFN4OS2. The first-order chi connectivity index (χ1) is 13.9. The summed E-state index contributed by atoms with van der Waals surface area (Å²) < 4.78 is 14.5. The van der Waals surface area contributed by atoms with E-state index in [9.17, 15) is 4.39 Å². The first-order valence-electron chi connectivity index (χ1n) is 8.92. The van der Waals surface area contributed by atoms with Gasteiger partial charge >= 0.3 is 0 Å². The van der Waals surface area contributed by atoms with E-state index < -0.39 is 5.82 Å². The molecular weight excluding hydrogens is 431 g/mol. The number of thiophene rings is 1. The topological polar surface area (TPSA) is 59.4 Å². The summed E-state index contributed by atoms with van der Waals surface area (Å²) in [4.78, 5) is 13.2. The lowest BCUT2D eigenvalue weighted by atomic mass is 10.1. The monoisotopic (exact) mass is 448 g/mol. The highest BCUT2D eigenvalue weighted by Gasteiger charge is 2.25. The van der Waals surface area contributed by atoms with Crippen LogP contribution in [-0.2, 0) is 4.84 Å². The van der Waals surface area contributed by atoms with Gasteiger partial charge in [0.05, 0.1) is 21.2 Å². The Morgan fingerprint density at radius 1 is 1.21 bits per heavy atom. The van der Waals surface area contributed by atoms with Crippen LogP contribution < -0.4 is 5.48 Å². The molecule has 1 atom stereocenters. The number of nitrogens with one attached hydrogen (secondary N) is 1. The van der Waals surface area contributed by atoms with Gasteiger partial charge in [0.25, 0.3) is 0 Å². The summed E-state index contributed by atoms with van der Waals surface area (Å²) in [7, 11) is 0. The number of amidine groups is 1. The highest BCUT2D eigenvalue weighted by molar-refractivity contribution is 7.99. The number of halogens is 2. The van der Waals surface area contributed by atoms with E-state index in [1.54, 1.807) is 23.5 Å².